The summed E-state index contributed by atoms with van der Waals surface area (Å²) in [5.41, 5.74) is 2.50. The van der Waals surface area contributed by atoms with Gasteiger partial charge in [-0.3, -0.25) is 0 Å². The number of benzene rings is 1. The molecule has 0 spiro atoms. The Morgan fingerprint density at radius 3 is 2.82 bits per heavy atom. The maximum atomic E-state index is 8.94. The molecule has 0 aliphatic carbocycles. The zero-order valence-electron chi connectivity index (χ0n) is 9.75. The molecule has 1 aromatic carbocycles. The average Bonchev–Trinajstić information content (AvgIpc) is 2.73. The number of rotatable bonds is 2. The third-order valence-corrected chi connectivity index (χ3v) is 3.06. The van der Waals surface area contributed by atoms with Crippen LogP contribution in [0.15, 0.2) is 34.3 Å². The third-order valence-electron chi connectivity index (χ3n) is 2.64. The summed E-state index contributed by atoms with van der Waals surface area (Å²) >= 11 is 6.15. The molecule has 3 heteroatoms. The Morgan fingerprint density at radius 1 is 1.41 bits per heavy atom. The zero-order valence-corrected chi connectivity index (χ0v) is 10.5. The molecule has 0 unspecified atom stereocenters. The van der Waals surface area contributed by atoms with Crippen LogP contribution in [-0.2, 0) is 0 Å². The van der Waals surface area contributed by atoms with Crippen molar-refractivity contribution in [2.24, 2.45) is 0 Å². The average molecular weight is 246 g/mol. The number of nitriles is 1. The van der Waals surface area contributed by atoms with Crippen LogP contribution in [0.4, 0.5) is 0 Å². The van der Waals surface area contributed by atoms with Gasteiger partial charge in [0.25, 0.3) is 0 Å². The first-order valence-corrected chi connectivity index (χ1v) is 5.82. The fourth-order valence-corrected chi connectivity index (χ4v) is 1.97. The van der Waals surface area contributed by atoms with Crippen molar-refractivity contribution in [3.05, 3.63) is 41.2 Å². The summed E-state index contributed by atoms with van der Waals surface area (Å²) in [7, 11) is 0. The smallest absolute Gasteiger partial charge is 0.147 e. The Balaban J connectivity index is 2.58. The molecule has 0 amide bonds. The minimum Gasteiger partial charge on any atom is -0.455 e. The summed E-state index contributed by atoms with van der Waals surface area (Å²) in [6.07, 6.45) is 0.603. The molecule has 0 saturated carbocycles. The van der Waals surface area contributed by atoms with Crippen LogP contribution < -0.4 is 0 Å². The van der Waals surface area contributed by atoms with Crippen molar-refractivity contribution in [3.63, 3.8) is 0 Å². The fourth-order valence-electron chi connectivity index (χ4n) is 1.70. The molecular formula is C14H12ClNO. The number of halogens is 1. The summed E-state index contributed by atoms with van der Waals surface area (Å²) in [5.74, 6) is 0.561. The normalized spacial score (nSPS) is 12.4. The summed E-state index contributed by atoms with van der Waals surface area (Å²) in [6, 6.07) is 9.90. The van der Waals surface area contributed by atoms with Crippen molar-refractivity contribution in [2.45, 2.75) is 20.3 Å². The first-order chi connectivity index (χ1) is 8.15. The van der Waals surface area contributed by atoms with Gasteiger partial charge in [-0.1, -0.05) is 30.2 Å². The Labute approximate surface area is 105 Å². The van der Waals surface area contributed by atoms with Crippen LogP contribution in [0.25, 0.3) is 16.0 Å². The molecule has 0 aliphatic heterocycles. The highest BCUT2D eigenvalue weighted by atomic mass is 35.5. The Hall–Kier alpha value is -1.72. The number of allylic oxidation sites excluding steroid dienone is 1. The largest absolute Gasteiger partial charge is 0.455 e. The summed E-state index contributed by atoms with van der Waals surface area (Å²) in [5, 5.41) is 10.4. The molecule has 2 aromatic rings. The van der Waals surface area contributed by atoms with Crippen molar-refractivity contribution in [1.29, 1.82) is 5.26 Å². The lowest BCUT2D eigenvalue weighted by atomic mass is 10.1. The van der Waals surface area contributed by atoms with E-state index in [0.717, 1.165) is 11.0 Å². The highest BCUT2D eigenvalue weighted by Crippen LogP contribution is 2.30. The molecule has 1 aromatic heterocycles. The fraction of sp³-hybridized carbons (Fsp3) is 0.214. The molecule has 0 radical (unpaired) electrons. The molecule has 0 fully saturated rings. The second-order valence-electron chi connectivity index (χ2n) is 3.91. The second kappa shape index (κ2) is 4.65. The number of fused-ring (bicyclic) bond motifs is 1. The SMILES string of the molecule is CCC(C#N)=C(Cl)c1cc2cc(C)ccc2o1. The Bertz CT molecular complexity index is 631. The van der Waals surface area contributed by atoms with Crippen molar-refractivity contribution in [1.82, 2.24) is 0 Å². The van der Waals surface area contributed by atoms with Crippen LogP contribution in [0.5, 0.6) is 0 Å². The van der Waals surface area contributed by atoms with E-state index in [1.807, 2.05) is 38.1 Å². The standard InChI is InChI=1S/C14H12ClNO/c1-3-10(8-16)14(15)13-7-11-6-9(2)4-5-12(11)17-13/h4-7H,3H2,1-2H3. The monoisotopic (exact) mass is 245 g/mol. The first-order valence-electron chi connectivity index (χ1n) is 5.45. The molecule has 86 valence electrons. The van der Waals surface area contributed by atoms with E-state index >= 15 is 0 Å². The minimum absolute atomic E-state index is 0.406. The van der Waals surface area contributed by atoms with Crippen LogP contribution in [-0.4, -0.2) is 0 Å². The maximum Gasteiger partial charge on any atom is 0.147 e. The number of hydrogen-bond acceptors (Lipinski definition) is 2. The molecule has 0 N–H and O–H groups in total. The summed E-state index contributed by atoms with van der Waals surface area (Å²) < 4.78 is 5.63. The molecule has 1 heterocycles. The maximum absolute atomic E-state index is 8.94. The summed E-state index contributed by atoms with van der Waals surface area (Å²) in [4.78, 5) is 0. The van der Waals surface area contributed by atoms with Gasteiger partial charge in [0, 0.05) is 5.39 Å². The van der Waals surface area contributed by atoms with Crippen LogP contribution in [0.2, 0.25) is 0 Å². The third kappa shape index (κ3) is 2.20. The van der Waals surface area contributed by atoms with Crippen molar-refractivity contribution >= 4 is 27.6 Å². The molecule has 2 rings (SSSR count). The molecule has 17 heavy (non-hydrogen) atoms. The number of nitrogens with zero attached hydrogens (tertiary/aromatic N) is 1. The lowest BCUT2D eigenvalue weighted by molar-refractivity contribution is 0.602. The van der Waals surface area contributed by atoms with E-state index in [9.17, 15) is 0 Å². The number of furan rings is 1. The van der Waals surface area contributed by atoms with Gasteiger partial charge in [-0.2, -0.15) is 5.26 Å². The van der Waals surface area contributed by atoms with E-state index in [-0.39, 0.29) is 0 Å². The molecule has 2 nitrogen and oxygen atoms in total. The Kier molecular flexibility index (Phi) is 3.21. The van der Waals surface area contributed by atoms with Crippen LogP contribution in [0, 0.1) is 18.3 Å². The van der Waals surface area contributed by atoms with E-state index in [4.69, 9.17) is 21.3 Å². The predicted molar refractivity (Wildman–Crippen MR) is 69.6 cm³/mol. The zero-order chi connectivity index (χ0) is 12.4. The van der Waals surface area contributed by atoms with Crippen molar-refractivity contribution in [2.75, 3.05) is 0 Å². The quantitative estimate of drug-likeness (QED) is 0.724. The van der Waals surface area contributed by atoms with Gasteiger partial charge in [0.15, 0.2) is 0 Å². The van der Waals surface area contributed by atoms with Crippen LogP contribution >= 0.6 is 11.6 Å². The van der Waals surface area contributed by atoms with Crippen LogP contribution in [0.1, 0.15) is 24.7 Å². The first kappa shape index (κ1) is 11.8. The van der Waals surface area contributed by atoms with Gasteiger partial charge in [-0.15, -0.1) is 0 Å². The number of aryl methyl sites for hydroxylation is 1. The van der Waals surface area contributed by atoms with Crippen LogP contribution in [0.3, 0.4) is 0 Å². The van der Waals surface area contributed by atoms with Crippen molar-refractivity contribution < 1.29 is 4.42 Å². The van der Waals surface area contributed by atoms with Gasteiger partial charge in [-0.25, -0.2) is 0 Å². The van der Waals surface area contributed by atoms with E-state index in [1.54, 1.807) is 0 Å². The lowest BCUT2D eigenvalue weighted by Gasteiger charge is -1.96. The second-order valence-corrected chi connectivity index (χ2v) is 4.29. The van der Waals surface area contributed by atoms with Gasteiger partial charge >= 0.3 is 0 Å². The minimum atomic E-state index is 0.406. The Morgan fingerprint density at radius 2 is 2.18 bits per heavy atom. The van der Waals surface area contributed by atoms with E-state index in [2.05, 4.69) is 6.07 Å². The van der Waals surface area contributed by atoms with E-state index < -0.39 is 0 Å². The lowest BCUT2D eigenvalue weighted by Crippen LogP contribution is -1.80. The van der Waals surface area contributed by atoms with Gasteiger partial charge in [0.2, 0.25) is 0 Å². The predicted octanol–water partition coefficient (Wildman–Crippen LogP) is 4.62. The molecule has 0 atom stereocenters. The summed E-state index contributed by atoms with van der Waals surface area (Å²) in [6.45, 7) is 3.92. The van der Waals surface area contributed by atoms with Gasteiger partial charge < -0.3 is 4.42 Å². The highest BCUT2D eigenvalue weighted by molar-refractivity contribution is 6.49. The van der Waals surface area contributed by atoms with Gasteiger partial charge in [0.1, 0.15) is 11.3 Å². The number of hydrogen-bond donors (Lipinski definition) is 0. The van der Waals surface area contributed by atoms with E-state index in [1.165, 1.54) is 5.56 Å². The van der Waals surface area contributed by atoms with Gasteiger partial charge in [0.05, 0.1) is 16.7 Å². The molecule has 0 aliphatic rings. The van der Waals surface area contributed by atoms with E-state index in [0.29, 0.717) is 22.8 Å². The highest BCUT2D eigenvalue weighted by Gasteiger charge is 2.11. The molecule has 0 bridgehead atoms. The molecular weight excluding hydrogens is 234 g/mol. The van der Waals surface area contributed by atoms with Gasteiger partial charge in [-0.05, 0) is 31.5 Å². The van der Waals surface area contributed by atoms with Crippen molar-refractivity contribution in [3.8, 4) is 6.07 Å². The topological polar surface area (TPSA) is 36.9 Å². The molecule has 0 saturated heterocycles.